The topological polar surface area (TPSA) is 44.8 Å². The number of anilines is 2. The Labute approximate surface area is 201 Å². The summed E-state index contributed by atoms with van der Waals surface area (Å²) in [4.78, 5) is 17.1. The van der Waals surface area contributed by atoms with E-state index < -0.39 is 0 Å². The van der Waals surface area contributed by atoms with E-state index in [2.05, 4.69) is 81.8 Å². The summed E-state index contributed by atoms with van der Waals surface area (Å²) in [5.74, 6) is 1.58. The predicted molar refractivity (Wildman–Crippen MR) is 136 cm³/mol. The van der Waals surface area contributed by atoms with Crippen LogP contribution >= 0.6 is 0 Å². The zero-order valence-corrected chi connectivity index (χ0v) is 19.5. The Morgan fingerprint density at radius 2 is 1.82 bits per heavy atom. The summed E-state index contributed by atoms with van der Waals surface area (Å²) in [6.45, 7) is 4.38. The molecule has 0 spiro atoms. The van der Waals surface area contributed by atoms with E-state index in [1.165, 1.54) is 22.4 Å². The number of ether oxygens (including phenoxy) is 1. The lowest BCUT2D eigenvalue weighted by atomic mass is 9.89. The van der Waals surface area contributed by atoms with Crippen LogP contribution in [-0.2, 0) is 11.2 Å². The Kier molecular flexibility index (Phi) is 5.71. The van der Waals surface area contributed by atoms with E-state index in [-0.39, 0.29) is 5.91 Å². The molecule has 5 nitrogen and oxygen atoms in total. The number of amides is 1. The summed E-state index contributed by atoms with van der Waals surface area (Å²) < 4.78 is 6.23. The quantitative estimate of drug-likeness (QED) is 0.528. The van der Waals surface area contributed by atoms with Crippen LogP contribution in [0.2, 0.25) is 0 Å². The first-order chi connectivity index (χ1) is 16.8. The van der Waals surface area contributed by atoms with Gasteiger partial charge >= 0.3 is 0 Å². The highest BCUT2D eigenvalue weighted by molar-refractivity contribution is 6.03. The Balaban J connectivity index is 1.05. The number of para-hydroxylation sites is 2. The number of carbonyl (C=O) groups is 1. The second-order valence-electron chi connectivity index (χ2n) is 9.65. The van der Waals surface area contributed by atoms with E-state index in [1.54, 1.807) is 0 Å². The van der Waals surface area contributed by atoms with Crippen molar-refractivity contribution < 1.29 is 9.53 Å². The summed E-state index contributed by atoms with van der Waals surface area (Å²) >= 11 is 0. The molecule has 1 N–H and O–H groups in total. The number of piperidine rings is 1. The summed E-state index contributed by atoms with van der Waals surface area (Å²) in [7, 11) is 0. The minimum Gasteiger partial charge on any atom is -0.493 e. The zero-order valence-electron chi connectivity index (χ0n) is 19.5. The van der Waals surface area contributed by atoms with E-state index >= 15 is 0 Å². The Bertz CT molecular complexity index is 1180. The summed E-state index contributed by atoms with van der Waals surface area (Å²) in [5, 5.41) is 3.06. The molecule has 174 valence electrons. The minimum absolute atomic E-state index is 0.109. The van der Waals surface area contributed by atoms with Crippen molar-refractivity contribution >= 4 is 17.3 Å². The fourth-order valence-corrected chi connectivity index (χ4v) is 5.95. The van der Waals surface area contributed by atoms with Crippen LogP contribution in [-0.4, -0.2) is 49.6 Å². The maximum absolute atomic E-state index is 12.2. The second kappa shape index (κ2) is 9.15. The maximum Gasteiger partial charge on any atom is 0.243 e. The first-order valence-corrected chi connectivity index (χ1v) is 12.4. The fourth-order valence-electron chi connectivity index (χ4n) is 5.95. The number of hydrogen-bond donors (Lipinski definition) is 1. The molecule has 0 aliphatic carbocycles. The van der Waals surface area contributed by atoms with Crippen LogP contribution in [0.1, 0.15) is 35.4 Å². The molecule has 1 fully saturated rings. The van der Waals surface area contributed by atoms with Gasteiger partial charge in [0, 0.05) is 38.0 Å². The zero-order chi connectivity index (χ0) is 22.9. The number of likely N-dealkylation sites (tertiary alicyclic amines) is 1. The van der Waals surface area contributed by atoms with E-state index in [0.717, 1.165) is 56.9 Å². The molecule has 34 heavy (non-hydrogen) atoms. The largest absolute Gasteiger partial charge is 0.493 e. The molecule has 0 saturated carbocycles. The molecule has 3 aliphatic rings. The third kappa shape index (κ3) is 4.05. The highest BCUT2D eigenvalue weighted by atomic mass is 16.5. The van der Waals surface area contributed by atoms with Gasteiger partial charge in [-0.3, -0.25) is 4.79 Å². The number of benzene rings is 3. The van der Waals surface area contributed by atoms with Gasteiger partial charge in [0.2, 0.25) is 5.91 Å². The molecule has 3 aromatic carbocycles. The standard InChI is InChI=1S/C29H31N3O2/c33-28-20-32-26-14-16-31(19-24(26)23-11-6-12-25(30-28)29(23)32)15-7-17-34-27-13-5-4-10-22(27)18-21-8-2-1-3-9-21/h1-6,8-13,24,26H,7,14-20H2,(H,30,33)/t24-,26-/m0/s1. The van der Waals surface area contributed by atoms with Crippen molar-refractivity contribution in [2.24, 2.45) is 0 Å². The highest BCUT2D eigenvalue weighted by Crippen LogP contribution is 2.49. The van der Waals surface area contributed by atoms with Crippen LogP contribution < -0.4 is 15.0 Å². The molecule has 0 aromatic heterocycles. The molecule has 3 aromatic rings. The number of nitrogens with zero attached hydrogens (tertiary/aromatic N) is 2. The van der Waals surface area contributed by atoms with Crippen LogP contribution in [0.5, 0.6) is 5.75 Å². The van der Waals surface area contributed by atoms with Crippen molar-refractivity contribution in [2.45, 2.75) is 31.2 Å². The van der Waals surface area contributed by atoms with Gasteiger partial charge in [-0.25, -0.2) is 0 Å². The number of rotatable bonds is 7. The Morgan fingerprint density at radius 3 is 2.74 bits per heavy atom. The lowest BCUT2D eigenvalue weighted by Gasteiger charge is -2.39. The third-order valence-corrected chi connectivity index (χ3v) is 7.49. The van der Waals surface area contributed by atoms with Crippen molar-refractivity contribution in [3.8, 4) is 5.75 Å². The average Bonchev–Trinajstić information content (AvgIpc) is 3.17. The van der Waals surface area contributed by atoms with Gasteiger partial charge in [-0.15, -0.1) is 0 Å². The molecule has 3 aliphatic heterocycles. The van der Waals surface area contributed by atoms with Crippen LogP contribution in [0, 0.1) is 0 Å². The minimum atomic E-state index is 0.109. The molecule has 1 saturated heterocycles. The lowest BCUT2D eigenvalue weighted by Crippen LogP contribution is -2.49. The van der Waals surface area contributed by atoms with Gasteiger partial charge in [-0.1, -0.05) is 60.7 Å². The lowest BCUT2D eigenvalue weighted by molar-refractivity contribution is -0.115. The predicted octanol–water partition coefficient (Wildman–Crippen LogP) is 4.68. The average molecular weight is 454 g/mol. The summed E-state index contributed by atoms with van der Waals surface area (Å²) in [5.41, 5.74) is 6.19. The Hall–Kier alpha value is -3.31. The van der Waals surface area contributed by atoms with Crippen molar-refractivity contribution in [3.63, 3.8) is 0 Å². The van der Waals surface area contributed by atoms with Crippen molar-refractivity contribution in [3.05, 3.63) is 89.5 Å². The monoisotopic (exact) mass is 453 g/mol. The van der Waals surface area contributed by atoms with E-state index in [1.807, 2.05) is 6.07 Å². The van der Waals surface area contributed by atoms with Crippen LogP contribution in [0.25, 0.3) is 0 Å². The van der Waals surface area contributed by atoms with E-state index in [0.29, 0.717) is 18.5 Å². The smallest absolute Gasteiger partial charge is 0.243 e. The number of nitrogens with one attached hydrogen (secondary N) is 1. The van der Waals surface area contributed by atoms with Gasteiger partial charge in [-0.05, 0) is 41.7 Å². The van der Waals surface area contributed by atoms with Crippen LogP contribution in [0.15, 0.2) is 72.8 Å². The van der Waals surface area contributed by atoms with Gasteiger partial charge in [-0.2, -0.15) is 0 Å². The van der Waals surface area contributed by atoms with Crippen LogP contribution in [0.4, 0.5) is 11.4 Å². The molecule has 0 bridgehead atoms. The fraction of sp³-hybridized carbons (Fsp3) is 0.345. The molecule has 0 radical (unpaired) electrons. The number of carbonyl (C=O) groups excluding carboxylic acids is 1. The Morgan fingerprint density at radius 1 is 0.971 bits per heavy atom. The summed E-state index contributed by atoms with van der Waals surface area (Å²) in [6.07, 6.45) is 3.00. The first-order valence-electron chi connectivity index (χ1n) is 12.4. The van der Waals surface area contributed by atoms with Gasteiger partial charge in [0.25, 0.3) is 0 Å². The van der Waals surface area contributed by atoms with Gasteiger partial charge in [0.1, 0.15) is 5.75 Å². The molecular weight excluding hydrogens is 422 g/mol. The van der Waals surface area contributed by atoms with Gasteiger partial charge in [0.15, 0.2) is 0 Å². The SMILES string of the molecule is O=C1CN2c3c(cccc3[C@@H]3CN(CCCOc4ccccc4Cc4ccccc4)CC[C@@H]32)N1. The molecule has 0 unspecified atom stereocenters. The van der Waals surface area contributed by atoms with E-state index in [9.17, 15) is 4.79 Å². The molecule has 5 heteroatoms. The van der Waals surface area contributed by atoms with Gasteiger partial charge in [0.05, 0.1) is 24.5 Å². The van der Waals surface area contributed by atoms with Crippen molar-refractivity contribution in [1.82, 2.24) is 4.90 Å². The van der Waals surface area contributed by atoms with Gasteiger partial charge < -0.3 is 19.9 Å². The molecular formula is C29H31N3O2. The molecule has 2 atom stereocenters. The number of hydrogen-bond acceptors (Lipinski definition) is 4. The summed E-state index contributed by atoms with van der Waals surface area (Å²) in [6, 6.07) is 25.8. The van der Waals surface area contributed by atoms with Crippen molar-refractivity contribution in [1.29, 1.82) is 0 Å². The number of fused-ring (bicyclic) bond motifs is 3. The van der Waals surface area contributed by atoms with Crippen LogP contribution in [0.3, 0.4) is 0 Å². The van der Waals surface area contributed by atoms with Crippen molar-refractivity contribution in [2.75, 3.05) is 43.0 Å². The normalized spacial score (nSPS) is 21.1. The first kappa shape index (κ1) is 21.2. The molecule has 3 heterocycles. The molecule has 1 amide bonds. The molecule has 6 rings (SSSR count). The highest BCUT2D eigenvalue weighted by Gasteiger charge is 2.44. The van der Waals surface area contributed by atoms with E-state index in [4.69, 9.17) is 4.74 Å². The third-order valence-electron chi connectivity index (χ3n) is 7.49. The maximum atomic E-state index is 12.2. The second-order valence-corrected chi connectivity index (χ2v) is 9.65.